The van der Waals surface area contributed by atoms with E-state index in [2.05, 4.69) is 16.0 Å². The molecule has 206 valence electrons. The molecule has 0 aromatic heterocycles. The van der Waals surface area contributed by atoms with Crippen LogP contribution in [0.25, 0.3) is 6.08 Å². The summed E-state index contributed by atoms with van der Waals surface area (Å²) in [7, 11) is 3.72. The number of carbonyl (C=O) groups excluding carboxylic acids is 2. The number of hydrogen-bond acceptors (Lipinski definition) is 5. The van der Waals surface area contributed by atoms with Crippen LogP contribution in [0.1, 0.15) is 22.7 Å². The quantitative estimate of drug-likeness (QED) is 0.166. The van der Waals surface area contributed by atoms with E-state index in [1.54, 1.807) is 54.6 Å². The molecule has 0 saturated heterocycles. The molecule has 2 amide bonds. The summed E-state index contributed by atoms with van der Waals surface area (Å²) in [4.78, 5) is 27.2. The highest BCUT2D eigenvalue weighted by atomic mass is 19.4. The van der Waals surface area contributed by atoms with Crippen LogP contribution in [0.5, 0.6) is 0 Å². The minimum Gasteiger partial charge on any atom is -0.397 e. The molecule has 0 fully saturated rings. The van der Waals surface area contributed by atoms with E-state index >= 15 is 0 Å². The first-order chi connectivity index (χ1) is 18.4. The van der Waals surface area contributed by atoms with Crippen LogP contribution in [0, 0.1) is 5.82 Å². The van der Waals surface area contributed by atoms with Crippen LogP contribution in [-0.4, -0.2) is 43.9 Å². The summed E-state index contributed by atoms with van der Waals surface area (Å²) in [6, 6.07) is 14.6. The van der Waals surface area contributed by atoms with Gasteiger partial charge in [-0.15, -0.1) is 0 Å². The van der Waals surface area contributed by atoms with Crippen molar-refractivity contribution in [2.45, 2.75) is 12.2 Å². The van der Waals surface area contributed by atoms with Crippen LogP contribution in [0.3, 0.4) is 0 Å². The first kappa shape index (κ1) is 29.3. The molecular formula is C28H29F4N5O2. The second-order valence-electron chi connectivity index (χ2n) is 8.95. The van der Waals surface area contributed by atoms with E-state index in [0.29, 0.717) is 47.7 Å². The summed E-state index contributed by atoms with van der Waals surface area (Å²) in [5.41, 5.74) is 6.46. The standard InChI is InChI=1S/C28H29F4N5O2/c1-37(2)16-15-34-26(27(39)36-23-13-12-20(17-21(23)29)28(30,31)32)19-10-7-18(8-11-19)9-14-25(38)35-24-6-4-3-5-22(24)33/h3-14,17,26,34H,15-16,33H2,1-2H3,(H,35,38)(H,36,39)/b14-9+. The topological polar surface area (TPSA) is 99.5 Å². The Hall–Kier alpha value is -4.22. The Morgan fingerprint density at radius 2 is 1.67 bits per heavy atom. The third-order valence-corrected chi connectivity index (χ3v) is 5.64. The molecule has 1 atom stereocenters. The van der Waals surface area contributed by atoms with Gasteiger partial charge in [-0.3, -0.25) is 9.59 Å². The van der Waals surface area contributed by atoms with E-state index in [4.69, 9.17) is 5.73 Å². The number of nitrogens with two attached hydrogens (primary N) is 1. The number of likely N-dealkylation sites (N-methyl/N-ethyl adjacent to an activating group) is 1. The van der Waals surface area contributed by atoms with Crippen molar-refractivity contribution in [1.82, 2.24) is 10.2 Å². The van der Waals surface area contributed by atoms with Gasteiger partial charge in [0.1, 0.15) is 11.9 Å². The lowest BCUT2D eigenvalue weighted by Crippen LogP contribution is -2.37. The zero-order chi connectivity index (χ0) is 28.6. The van der Waals surface area contributed by atoms with Crippen LogP contribution in [-0.2, 0) is 15.8 Å². The molecule has 0 saturated carbocycles. The monoisotopic (exact) mass is 543 g/mol. The molecular weight excluding hydrogens is 514 g/mol. The molecule has 0 radical (unpaired) electrons. The van der Waals surface area contributed by atoms with Gasteiger partial charge in [-0.2, -0.15) is 13.2 Å². The first-order valence-corrected chi connectivity index (χ1v) is 11.9. The molecule has 0 spiro atoms. The van der Waals surface area contributed by atoms with Crippen molar-refractivity contribution in [1.29, 1.82) is 0 Å². The molecule has 1 unspecified atom stereocenters. The van der Waals surface area contributed by atoms with Gasteiger partial charge in [0.2, 0.25) is 11.8 Å². The Kier molecular flexibility index (Phi) is 9.80. The van der Waals surface area contributed by atoms with Gasteiger partial charge in [0, 0.05) is 19.2 Å². The van der Waals surface area contributed by atoms with Crippen molar-refractivity contribution in [3.63, 3.8) is 0 Å². The lowest BCUT2D eigenvalue weighted by Gasteiger charge is -2.21. The SMILES string of the molecule is CN(C)CCNC(C(=O)Nc1ccc(C(F)(F)F)cc1F)c1ccc(/C=C/C(=O)Nc2ccccc2N)cc1. The van der Waals surface area contributed by atoms with E-state index in [0.717, 1.165) is 6.07 Å². The van der Waals surface area contributed by atoms with Gasteiger partial charge in [0.15, 0.2) is 0 Å². The van der Waals surface area contributed by atoms with Gasteiger partial charge < -0.3 is 26.6 Å². The van der Waals surface area contributed by atoms with Gasteiger partial charge in [0.05, 0.1) is 22.6 Å². The average molecular weight is 544 g/mol. The van der Waals surface area contributed by atoms with Crippen molar-refractivity contribution in [3.8, 4) is 0 Å². The van der Waals surface area contributed by atoms with Crippen LogP contribution in [0.4, 0.5) is 34.6 Å². The highest BCUT2D eigenvalue weighted by molar-refractivity contribution is 6.03. The molecule has 0 heterocycles. The molecule has 0 bridgehead atoms. The number of nitrogens with one attached hydrogen (secondary N) is 3. The number of anilines is 3. The summed E-state index contributed by atoms with van der Waals surface area (Å²) in [6.45, 7) is 1.01. The summed E-state index contributed by atoms with van der Waals surface area (Å²) in [5, 5.41) is 8.15. The molecule has 5 N–H and O–H groups in total. The Morgan fingerprint density at radius 1 is 0.974 bits per heavy atom. The number of benzene rings is 3. The molecule has 0 aliphatic heterocycles. The van der Waals surface area contributed by atoms with Crippen LogP contribution in [0.2, 0.25) is 0 Å². The maximum absolute atomic E-state index is 14.3. The van der Waals surface area contributed by atoms with Crippen molar-refractivity contribution in [3.05, 3.63) is 95.3 Å². The highest BCUT2D eigenvalue weighted by Gasteiger charge is 2.31. The number of rotatable bonds is 10. The number of nitrogens with zero attached hydrogens (tertiary/aromatic N) is 1. The fourth-order valence-corrected chi connectivity index (χ4v) is 3.55. The lowest BCUT2D eigenvalue weighted by atomic mass is 10.0. The third-order valence-electron chi connectivity index (χ3n) is 5.64. The zero-order valence-corrected chi connectivity index (χ0v) is 21.4. The Labute approximate surface area is 223 Å². The van der Waals surface area contributed by atoms with E-state index in [9.17, 15) is 27.2 Å². The average Bonchev–Trinajstić information content (AvgIpc) is 2.87. The van der Waals surface area contributed by atoms with E-state index in [-0.39, 0.29) is 11.6 Å². The van der Waals surface area contributed by atoms with E-state index in [1.807, 2.05) is 19.0 Å². The number of carbonyl (C=O) groups is 2. The fourth-order valence-electron chi connectivity index (χ4n) is 3.55. The first-order valence-electron chi connectivity index (χ1n) is 11.9. The van der Waals surface area contributed by atoms with Gasteiger partial charge in [-0.05, 0) is 61.6 Å². The second-order valence-corrected chi connectivity index (χ2v) is 8.95. The number of nitrogen functional groups attached to an aromatic ring is 1. The van der Waals surface area contributed by atoms with Crippen LogP contribution >= 0.6 is 0 Å². The van der Waals surface area contributed by atoms with Gasteiger partial charge in [0.25, 0.3) is 0 Å². The molecule has 0 aliphatic rings. The maximum Gasteiger partial charge on any atom is 0.416 e. The number of hydrogen-bond donors (Lipinski definition) is 4. The highest BCUT2D eigenvalue weighted by Crippen LogP contribution is 2.31. The summed E-state index contributed by atoms with van der Waals surface area (Å²) < 4.78 is 52.9. The van der Waals surface area contributed by atoms with Crippen LogP contribution < -0.4 is 21.7 Å². The normalized spacial score (nSPS) is 12.5. The molecule has 11 heteroatoms. The van der Waals surface area contributed by atoms with Crippen molar-refractivity contribution >= 4 is 35.0 Å². The Bertz CT molecular complexity index is 1320. The van der Waals surface area contributed by atoms with Crippen LogP contribution in [0.15, 0.2) is 72.8 Å². The molecule has 7 nitrogen and oxygen atoms in total. The largest absolute Gasteiger partial charge is 0.416 e. The minimum absolute atomic E-state index is 0.341. The predicted molar refractivity (Wildman–Crippen MR) is 144 cm³/mol. The number of halogens is 4. The lowest BCUT2D eigenvalue weighted by molar-refractivity contribution is -0.137. The summed E-state index contributed by atoms with van der Waals surface area (Å²) >= 11 is 0. The third kappa shape index (κ3) is 8.66. The second kappa shape index (κ2) is 13.0. The van der Waals surface area contributed by atoms with Gasteiger partial charge in [-0.1, -0.05) is 36.4 Å². The molecule has 3 aromatic carbocycles. The summed E-state index contributed by atoms with van der Waals surface area (Å²) in [6.07, 6.45) is -1.77. The smallest absolute Gasteiger partial charge is 0.397 e. The number of para-hydroxylation sites is 2. The van der Waals surface area contributed by atoms with E-state index in [1.165, 1.54) is 6.08 Å². The minimum atomic E-state index is -4.70. The molecule has 0 aliphatic carbocycles. The molecule has 39 heavy (non-hydrogen) atoms. The maximum atomic E-state index is 14.3. The number of alkyl halides is 3. The van der Waals surface area contributed by atoms with Gasteiger partial charge >= 0.3 is 6.18 Å². The molecule has 3 aromatic rings. The fraction of sp³-hybridized carbons (Fsp3) is 0.214. The van der Waals surface area contributed by atoms with E-state index < -0.39 is 29.5 Å². The zero-order valence-electron chi connectivity index (χ0n) is 21.4. The predicted octanol–water partition coefficient (Wildman–Crippen LogP) is 4.91. The van der Waals surface area contributed by atoms with Crippen molar-refractivity contribution < 1.29 is 27.2 Å². The number of amides is 2. The Balaban J connectivity index is 1.73. The molecule has 3 rings (SSSR count). The Morgan fingerprint density at radius 3 is 2.28 bits per heavy atom. The van der Waals surface area contributed by atoms with Gasteiger partial charge in [-0.25, -0.2) is 4.39 Å². The summed E-state index contributed by atoms with van der Waals surface area (Å²) in [5.74, 6) is -2.21. The van der Waals surface area contributed by atoms with Crippen molar-refractivity contribution in [2.75, 3.05) is 43.6 Å². The van der Waals surface area contributed by atoms with Crippen molar-refractivity contribution in [2.24, 2.45) is 0 Å².